The second-order valence-corrected chi connectivity index (χ2v) is 5.13. The molecule has 1 heterocycles. The van der Waals surface area contributed by atoms with E-state index in [1.165, 1.54) is 0 Å². The molecule has 1 unspecified atom stereocenters. The molecule has 1 atom stereocenters. The molecule has 88 valence electrons. The zero-order valence-corrected chi connectivity index (χ0v) is 9.39. The first kappa shape index (κ1) is 12.4. The minimum Gasteiger partial charge on any atom is -0.341 e. The highest BCUT2D eigenvalue weighted by Crippen LogP contribution is 2.19. The van der Waals surface area contributed by atoms with Gasteiger partial charge in [-0.2, -0.15) is 8.42 Å². The van der Waals surface area contributed by atoms with E-state index >= 15 is 0 Å². The molecule has 0 radical (unpaired) electrons. The number of rotatable bonds is 5. The van der Waals surface area contributed by atoms with E-state index in [0.717, 1.165) is 0 Å². The minimum atomic E-state index is -4.47. The molecule has 5 nitrogen and oxygen atoms in total. The van der Waals surface area contributed by atoms with E-state index < -0.39 is 21.9 Å². The predicted molar refractivity (Wildman–Crippen MR) is 53.5 cm³/mol. The molecule has 0 aromatic carbocycles. The summed E-state index contributed by atoms with van der Waals surface area (Å²) < 4.78 is 33.2. The first-order valence-corrected chi connectivity index (χ1v) is 6.32. The summed E-state index contributed by atoms with van der Waals surface area (Å²) in [5.41, 5.74) is 0. The number of carbonyl (C=O) groups is 1. The summed E-state index contributed by atoms with van der Waals surface area (Å²) in [6, 6.07) is 0. The summed E-state index contributed by atoms with van der Waals surface area (Å²) in [5.74, 6) is -1.04. The first-order chi connectivity index (χ1) is 6.92. The van der Waals surface area contributed by atoms with Gasteiger partial charge in [0, 0.05) is 32.0 Å². The highest BCUT2D eigenvalue weighted by Gasteiger charge is 2.32. The molecule has 0 aromatic rings. The van der Waals surface area contributed by atoms with Crippen molar-refractivity contribution in [3.05, 3.63) is 0 Å². The van der Waals surface area contributed by atoms with Crippen molar-refractivity contribution in [3.63, 3.8) is 0 Å². The van der Waals surface area contributed by atoms with Crippen LogP contribution in [0.2, 0.25) is 0 Å². The monoisotopic (exact) mass is 238 g/mol. The van der Waals surface area contributed by atoms with Crippen LogP contribution in [0.4, 0.5) is 3.89 Å². The maximum atomic E-state index is 12.4. The van der Waals surface area contributed by atoms with E-state index in [1.807, 2.05) is 0 Å². The fraction of sp³-hybridized carbons (Fsp3) is 0.875. The Balaban J connectivity index is 2.45. The second kappa shape index (κ2) is 4.89. The Kier molecular flexibility index (Phi) is 4.04. The number of carbonyl (C=O) groups excluding carboxylic acids is 1. The van der Waals surface area contributed by atoms with Gasteiger partial charge in [-0.05, 0) is 7.05 Å². The van der Waals surface area contributed by atoms with Crippen LogP contribution in [0.1, 0.15) is 6.42 Å². The number of nitrogens with zero attached hydrogens (tertiary/aromatic N) is 1. The summed E-state index contributed by atoms with van der Waals surface area (Å²) >= 11 is 0. The maximum Gasteiger partial charge on any atom is 0.302 e. The van der Waals surface area contributed by atoms with Gasteiger partial charge in [-0.15, -0.1) is 3.89 Å². The van der Waals surface area contributed by atoms with Gasteiger partial charge in [0.05, 0.1) is 5.75 Å². The van der Waals surface area contributed by atoms with Crippen LogP contribution < -0.4 is 5.32 Å². The molecule has 1 amide bonds. The molecule has 1 fully saturated rings. The van der Waals surface area contributed by atoms with Crippen molar-refractivity contribution in [2.24, 2.45) is 5.92 Å². The van der Waals surface area contributed by atoms with Crippen LogP contribution in [0, 0.1) is 5.92 Å². The number of likely N-dealkylation sites (tertiary alicyclic amines) is 1. The van der Waals surface area contributed by atoms with Gasteiger partial charge in [-0.25, -0.2) is 0 Å². The van der Waals surface area contributed by atoms with Crippen LogP contribution in [0.3, 0.4) is 0 Å². The molecule has 1 rings (SSSR count). The molecule has 15 heavy (non-hydrogen) atoms. The lowest BCUT2D eigenvalue weighted by atomic mass is 10.1. The zero-order chi connectivity index (χ0) is 11.5. The van der Waals surface area contributed by atoms with Crippen molar-refractivity contribution in [1.82, 2.24) is 10.2 Å². The third-order valence-electron chi connectivity index (χ3n) is 2.36. The van der Waals surface area contributed by atoms with Crippen LogP contribution >= 0.6 is 0 Å². The average molecular weight is 238 g/mol. The Morgan fingerprint density at radius 1 is 1.60 bits per heavy atom. The van der Waals surface area contributed by atoms with Gasteiger partial charge in [0.25, 0.3) is 0 Å². The van der Waals surface area contributed by atoms with Crippen LogP contribution in [0.15, 0.2) is 0 Å². The SMILES string of the molecule is CNCCN1CC(CS(=O)(=O)F)CC1=O. The van der Waals surface area contributed by atoms with Crippen molar-refractivity contribution in [3.8, 4) is 0 Å². The lowest BCUT2D eigenvalue weighted by Crippen LogP contribution is -2.32. The van der Waals surface area contributed by atoms with Crippen molar-refractivity contribution in [1.29, 1.82) is 0 Å². The molecule has 7 heteroatoms. The highest BCUT2D eigenvalue weighted by atomic mass is 32.3. The molecule has 1 N–H and O–H groups in total. The van der Waals surface area contributed by atoms with Crippen LogP contribution in [0.5, 0.6) is 0 Å². The van der Waals surface area contributed by atoms with E-state index in [1.54, 1.807) is 11.9 Å². The fourth-order valence-corrected chi connectivity index (χ4v) is 2.50. The highest BCUT2D eigenvalue weighted by molar-refractivity contribution is 7.86. The smallest absolute Gasteiger partial charge is 0.302 e. The Hall–Kier alpha value is -0.690. The number of halogens is 1. The first-order valence-electron chi connectivity index (χ1n) is 4.77. The largest absolute Gasteiger partial charge is 0.341 e. The molecular weight excluding hydrogens is 223 g/mol. The van der Waals surface area contributed by atoms with E-state index in [2.05, 4.69) is 5.32 Å². The van der Waals surface area contributed by atoms with Gasteiger partial charge >= 0.3 is 10.2 Å². The van der Waals surface area contributed by atoms with E-state index in [0.29, 0.717) is 19.6 Å². The van der Waals surface area contributed by atoms with E-state index in [9.17, 15) is 17.1 Å². The lowest BCUT2D eigenvalue weighted by Gasteiger charge is -2.15. The summed E-state index contributed by atoms with van der Waals surface area (Å²) in [6.45, 7) is 1.53. The van der Waals surface area contributed by atoms with Crippen LogP contribution in [-0.2, 0) is 15.0 Å². The molecule has 1 aliphatic rings. The Morgan fingerprint density at radius 3 is 2.80 bits per heavy atom. The predicted octanol–water partition coefficient (Wildman–Crippen LogP) is -0.646. The van der Waals surface area contributed by atoms with Crippen molar-refractivity contribution in [2.75, 3.05) is 32.4 Å². The standard InChI is InChI=1S/C8H15FN2O3S/c1-10-2-3-11-5-7(4-8(11)12)6-15(9,13)14/h7,10H,2-6H2,1H3. The number of nitrogens with one attached hydrogen (secondary N) is 1. The van der Waals surface area contributed by atoms with E-state index in [-0.39, 0.29) is 12.3 Å². The molecule has 0 aromatic heterocycles. The van der Waals surface area contributed by atoms with Crippen LogP contribution in [-0.4, -0.2) is 51.7 Å². The Labute approximate surface area is 88.8 Å². The number of hydrogen-bond acceptors (Lipinski definition) is 4. The van der Waals surface area contributed by atoms with Crippen molar-refractivity contribution < 1.29 is 17.1 Å². The minimum absolute atomic E-state index is 0.0982. The van der Waals surface area contributed by atoms with Gasteiger partial charge < -0.3 is 10.2 Å². The summed E-state index contributed by atoms with van der Waals surface area (Å²) in [7, 11) is -2.70. The molecular formula is C8H15FN2O3S. The van der Waals surface area contributed by atoms with Gasteiger partial charge in [-0.1, -0.05) is 0 Å². The van der Waals surface area contributed by atoms with E-state index in [4.69, 9.17) is 0 Å². The number of hydrogen-bond donors (Lipinski definition) is 1. The topological polar surface area (TPSA) is 66.5 Å². The summed E-state index contributed by atoms with van der Waals surface area (Å²) in [5, 5.41) is 2.89. The second-order valence-electron chi connectivity index (χ2n) is 3.72. The Bertz CT molecular complexity index is 331. The zero-order valence-electron chi connectivity index (χ0n) is 8.57. The molecule has 1 aliphatic heterocycles. The molecule has 0 saturated carbocycles. The fourth-order valence-electron chi connectivity index (χ4n) is 1.71. The van der Waals surface area contributed by atoms with Gasteiger partial charge in [0.1, 0.15) is 0 Å². The maximum absolute atomic E-state index is 12.4. The van der Waals surface area contributed by atoms with Crippen LogP contribution in [0.25, 0.3) is 0 Å². The van der Waals surface area contributed by atoms with Gasteiger partial charge in [0.2, 0.25) is 5.91 Å². The van der Waals surface area contributed by atoms with Gasteiger partial charge in [0.15, 0.2) is 0 Å². The van der Waals surface area contributed by atoms with Crippen molar-refractivity contribution >= 4 is 16.1 Å². The molecule has 0 aliphatic carbocycles. The lowest BCUT2D eigenvalue weighted by molar-refractivity contribution is -0.127. The summed E-state index contributed by atoms with van der Waals surface area (Å²) in [4.78, 5) is 12.9. The Morgan fingerprint density at radius 2 is 2.27 bits per heavy atom. The number of amides is 1. The van der Waals surface area contributed by atoms with Gasteiger partial charge in [-0.3, -0.25) is 4.79 Å². The average Bonchev–Trinajstić information content (AvgIpc) is 2.39. The third-order valence-corrected chi connectivity index (χ3v) is 3.23. The third kappa shape index (κ3) is 4.13. The molecule has 0 bridgehead atoms. The quantitative estimate of drug-likeness (QED) is 0.647. The molecule has 0 spiro atoms. The summed E-state index contributed by atoms with van der Waals surface area (Å²) in [6.07, 6.45) is 0.132. The molecule has 1 saturated heterocycles. The van der Waals surface area contributed by atoms with Crippen molar-refractivity contribution in [2.45, 2.75) is 6.42 Å². The normalized spacial score (nSPS) is 22.4. The number of likely N-dealkylation sites (N-methyl/N-ethyl adjacent to an activating group) is 1.